The van der Waals surface area contributed by atoms with E-state index in [1.807, 2.05) is 0 Å². The second-order valence-corrected chi connectivity index (χ2v) is 3.55. The fraction of sp³-hybridized carbons (Fsp3) is 0.875. The molecule has 2 nitrogen and oxygen atoms in total. The fourth-order valence-electron chi connectivity index (χ4n) is 2.01. The van der Waals surface area contributed by atoms with Crippen LogP contribution in [0.5, 0.6) is 0 Å². The summed E-state index contributed by atoms with van der Waals surface area (Å²) in [5, 5.41) is 0. The number of rotatable bonds is 4. The van der Waals surface area contributed by atoms with E-state index in [9.17, 15) is 17.7 Å². The van der Waals surface area contributed by atoms with E-state index in [-0.39, 0.29) is 58.0 Å². The predicted octanol–water partition coefficient (Wildman–Crippen LogP) is -0.573. The Morgan fingerprint density at radius 3 is 2.13 bits per heavy atom. The van der Waals surface area contributed by atoms with Crippen LogP contribution < -0.4 is 51.4 Å². The molecule has 1 aliphatic carbocycles. The maximum Gasteiger partial charge on any atom is 1.00 e. The molecular weight excluding hydrogens is 235 g/mol. The zero-order valence-corrected chi connectivity index (χ0v) is 12.3. The predicted molar refractivity (Wildman–Crippen MR) is 46.7 cm³/mol. The number of esters is 1. The van der Waals surface area contributed by atoms with E-state index >= 15 is 0 Å². The molecule has 0 aromatic heterocycles. The average molecular weight is 248 g/mol. The van der Waals surface area contributed by atoms with Crippen LogP contribution in [0.4, 0.5) is 12.9 Å². The van der Waals surface area contributed by atoms with Gasteiger partial charge in [0.15, 0.2) is 0 Å². The van der Waals surface area contributed by atoms with Crippen LogP contribution in [0.15, 0.2) is 0 Å². The quantitative estimate of drug-likeness (QED) is 0.492. The molecule has 0 saturated heterocycles. The summed E-state index contributed by atoms with van der Waals surface area (Å²) >= 11 is 0. The van der Waals surface area contributed by atoms with Gasteiger partial charge in [-0.05, 0) is 6.92 Å². The van der Waals surface area contributed by atoms with Gasteiger partial charge in [-0.15, -0.1) is 0 Å². The van der Waals surface area contributed by atoms with Crippen molar-refractivity contribution in [3.63, 3.8) is 0 Å². The van der Waals surface area contributed by atoms with Gasteiger partial charge in [0.25, 0.3) is 0 Å². The number of hydrogen-bond donors (Lipinski definition) is 0. The summed E-state index contributed by atoms with van der Waals surface area (Å²) in [6.07, 6.45) is 0.384. The van der Waals surface area contributed by atoms with E-state index in [2.05, 4.69) is 4.74 Å². The molecule has 0 unspecified atom stereocenters. The zero-order valence-electron chi connectivity index (χ0n) is 9.17. The first-order valence-electron chi connectivity index (χ1n) is 4.80. The standard InChI is InChI=1S/C8H13BF3O2.K/c1-3-5-6(8(13)14-4-2)7(5)9(10,11)12;/h5-7H,3-4H2,1-2H3;/q-1;+1/t5-,6+,7+;/m0./s1. The Morgan fingerprint density at radius 2 is 1.87 bits per heavy atom. The SMILES string of the molecule is CCOC(=O)[C@@H]1[C@H](CC)[C@H]1[B-](F)(F)F.[K+]. The van der Waals surface area contributed by atoms with Crippen LogP contribution in [0.2, 0.25) is 5.82 Å². The first-order valence-corrected chi connectivity index (χ1v) is 4.80. The van der Waals surface area contributed by atoms with Crippen molar-refractivity contribution in [1.82, 2.24) is 0 Å². The Hall–Kier alpha value is 0.961. The van der Waals surface area contributed by atoms with Crippen LogP contribution in [0.1, 0.15) is 20.3 Å². The van der Waals surface area contributed by atoms with Crippen molar-refractivity contribution >= 4 is 12.9 Å². The molecule has 1 rings (SSSR count). The van der Waals surface area contributed by atoms with Crippen LogP contribution >= 0.6 is 0 Å². The Labute approximate surface area is 130 Å². The molecular formula is C8H13BF3KO2. The Balaban J connectivity index is 0.00000196. The van der Waals surface area contributed by atoms with Crippen molar-refractivity contribution in [2.45, 2.75) is 26.1 Å². The summed E-state index contributed by atoms with van der Waals surface area (Å²) in [5.74, 6) is -3.59. The molecule has 0 spiro atoms. The molecule has 82 valence electrons. The van der Waals surface area contributed by atoms with Crippen molar-refractivity contribution in [1.29, 1.82) is 0 Å². The van der Waals surface area contributed by atoms with Gasteiger partial charge in [0.2, 0.25) is 0 Å². The van der Waals surface area contributed by atoms with Gasteiger partial charge < -0.3 is 17.7 Å². The largest absolute Gasteiger partial charge is 1.00 e. The second-order valence-electron chi connectivity index (χ2n) is 3.55. The van der Waals surface area contributed by atoms with Crippen molar-refractivity contribution in [2.75, 3.05) is 6.61 Å². The van der Waals surface area contributed by atoms with Gasteiger partial charge in [-0.1, -0.05) is 25.1 Å². The van der Waals surface area contributed by atoms with Crippen LogP contribution in [-0.2, 0) is 9.53 Å². The van der Waals surface area contributed by atoms with Crippen LogP contribution in [-0.4, -0.2) is 19.6 Å². The molecule has 3 atom stereocenters. The molecule has 1 aliphatic rings. The number of ether oxygens (including phenoxy) is 1. The number of carbonyl (C=O) groups is 1. The van der Waals surface area contributed by atoms with Crippen molar-refractivity contribution in [3.8, 4) is 0 Å². The van der Waals surface area contributed by atoms with E-state index in [1.54, 1.807) is 13.8 Å². The summed E-state index contributed by atoms with van der Waals surface area (Å²) in [6.45, 7) is -1.49. The molecule has 1 fully saturated rings. The summed E-state index contributed by atoms with van der Waals surface area (Å²) in [5.41, 5.74) is 0. The Bertz CT molecular complexity index is 234. The van der Waals surface area contributed by atoms with E-state index in [1.165, 1.54) is 0 Å². The van der Waals surface area contributed by atoms with Crippen LogP contribution in [0, 0.1) is 11.8 Å². The summed E-state index contributed by atoms with van der Waals surface area (Å²) in [7, 11) is 0. The molecule has 7 heteroatoms. The summed E-state index contributed by atoms with van der Waals surface area (Å²) < 4.78 is 41.7. The minimum atomic E-state index is -4.89. The van der Waals surface area contributed by atoms with Gasteiger partial charge in [-0.2, -0.15) is 0 Å². The molecule has 0 amide bonds. The molecule has 1 saturated carbocycles. The average Bonchev–Trinajstić information content (AvgIpc) is 2.77. The van der Waals surface area contributed by atoms with Crippen LogP contribution in [0.25, 0.3) is 0 Å². The molecule has 0 heterocycles. The maximum absolute atomic E-state index is 12.4. The minimum Gasteiger partial charge on any atom is -0.466 e. The van der Waals surface area contributed by atoms with Gasteiger partial charge in [-0.25, -0.2) is 0 Å². The third kappa shape index (κ3) is 3.73. The van der Waals surface area contributed by atoms with E-state index in [4.69, 9.17) is 0 Å². The molecule has 0 aromatic carbocycles. The monoisotopic (exact) mass is 248 g/mol. The third-order valence-corrected chi connectivity index (χ3v) is 2.70. The first-order chi connectivity index (χ1) is 6.43. The number of hydrogen-bond acceptors (Lipinski definition) is 2. The van der Waals surface area contributed by atoms with Crippen LogP contribution in [0.3, 0.4) is 0 Å². The smallest absolute Gasteiger partial charge is 0.466 e. The molecule has 0 N–H and O–H groups in total. The van der Waals surface area contributed by atoms with Crippen molar-refractivity contribution < 1.29 is 73.9 Å². The first kappa shape index (κ1) is 16.0. The molecule has 0 aliphatic heterocycles. The molecule has 15 heavy (non-hydrogen) atoms. The van der Waals surface area contributed by atoms with Gasteiger partial charge in [0.1, 0.15) is 0 Å². The number of carbonyl (C=O) groups excluding carboxylic acids is 1. The second kappa shape index (κ2) is 6.05. The Kier molecular flexibility index (Phi) is 6.43. The molecule has 0 aromatic rings. The molecule has 0 radical (unpaired) electrons. The van der Waals surface area contributed by atoms with Crippen molar-refractivity contribution in [2.24, 2.45) is 11.8 Å². The summed E-state index contributed by atoms with van der Waals surface area (Å²) in [6, 6.07) is 0. The fourth-order valence-corrected chi connectivity index (χ4v) is 2.01. The van der Waals surface area contributed by atoms with Gasteiger partial charge in [0.05, 0.1) is 6.61 Å². The topological polar surface area (TPSA) is 26.3 Å². The number of halogens is 3. The molecule has 0 bridgehead atoms. The normalized spacial score (nSPS) is 29.3. The van der Waals surface area contributed by atoms with E-state index < -0.39 is 30.6 Å². The van der Waals surface area contributed by atoms with E-state index in [0.717, 1.165) is 0 Å². The zero-order chi connectivity index (χ0) is 10.9. The van der Waals surface area contributed by atoms with Gasteiger partial charge in [0, 0.05) is 5.92 Å². The third-order valence-electron chi connectivity index (χ3n) is 2.70. The van der Waals surface area contributed by atoms with Gasteiger partial charge in [-0.3, -0.25) is 4.79 Å². The Morgan fingerprint density at radius 1 is 1.33 bits per heavy atom. The summed E-state index contributed by atoms with van der Waals surface area (Å²) in [4.78, 5) is 11.1. The van der Waals surface area contributed by atoms with Gasteiger partial charge >= 0.3 is 64.3 Å². The maximum atomic E-state index is 12.4. The minimum absolute atomic E-state index is 0. The van der Waals surface area contributed by atoms with Crippen molar-refractivity contribution in [3.05, 3.63) is 0 Å². The van der Waals surface area contributed by atoms with E-state index in [0.29, 0.717) is 6.42 Å².